The highest BCUT2D eigenvalue weighted by atomic mass is 16.1. The number of anilines is 1. The second-order valence-electron chi connectivity index (χ2n) is 6.91. The lowest BCUT2D eigenvalue weighted by molar-refractivity contribution is 0.171. The van der Waals surface area contributed by atoms with Crippen molar-refractivity contribution in [2.24, 2.45) is 30.0 Å². The van der Waals surface area contributed by atoms with Gasteiger partial charge in [-0.1, -0.05) is 0 Å². The minimum Gasteiger partial charge on any atom is -0.352 e. The van der Waals surface area contributed by atoms with Crippen molar-refractivity contribution in [3.63, 3.8) is 0 Å². The van der Waals surface area contributed by atoms with Crippen molar-refractivity contribution in [1.29, 1.82) is 0 Å². The van der Waals surface area contributed by atoms with Crippen LogP contribution in [0.25, 0.3) is 0 Å². The first-order valence-electron chi connectivity index (χ1n) is 7.63. The highest BCUT2D eigenvalue weighted by Gasteiger charge is 2.59. The summed E-state index contributed by atoms with van der Waals surface area (Å²) in [5.41, 5.74) is 6.82. The van der Waals surface area contributed by atoms with Crippen LogP contribution in [0.3, 0.4) is 0 Å². The maximum absolute atomic E-state index is 12.1. The minimum absolute atomic E-state index is 0.00187. The molecule has 1 saturated heterocycles. The summed E-state index contributed by atoms with van der Waals surface area (Å²) in [6, 6.07) is 0.390. The summed E-state index contributed by atoms with van der Waals surface area (Å²) in [6.45, 7) is 1.83. The number of aryl methyl sites for hydroxylation is 1. The summed E-state index contributed by atoms with van der Waals surface area (Å²) in [7, 11) is 1.78. The Kier molecular flexibility index (Phi) is 2.52. The Morgan fingerprint density at radius 2 is 2.15 bits per heavy atom. The molecule has 2 N–H and O–H groups in total. The number of fused-ring (bicyclic) bond motifs is 1. The maximum atomic E-state index is 12.1. The van der Waals surface area contributed by atoms with Crippen molar-refractivity contribution < 1.29 is 0 Å². The van der Waals surface area contributed by atoms with Gasteiger partial charge in [0.05, 0.1) is 0 Å². The van der Waals surface area contributed by atoms with E-state index in [9.17, 15) is 4.79 Å². The van der Waals surface area contributed by atoms with Crippen LogP contribution in [0.4, 0.5) is 5.82 Å². The molecule has 3 fully saturated rings. The average Bonchev–Trinajstić information content (AvgIpc) is 3.16. The van der Waals surface area contributed by atoms with Gasteiger partial charge < -0.3 is 15.2 Å². The topological polar surface area (TPSA) is 64.2 Å². The largest absolute Gasteiger partial charge is 0.352 e. The summed E-state index contributed by atoms with van der Waals surface area (Å²) >= 11 is 0. The van der Waals surface area contributed by atoms with Crippen LogP contribution in [0.2, 0.25) is 0 Å². The Bertz CT molecular complexity index is 588. The van der Waals surface area contributed by atoms with Gasteiger partial charge in [-0.3, -0.25) is 4.79 Å². The van der Waals surface area contributed by atoms with Crippen LogP contribution in [-0.4, -0.2) is 28.7 Å². The zero-order chi connectivity index (χ0) is 13.9. The molecule has 3 unspecified atom stereocenters. The zero-order valence-electron chi connectivity index (χ0n) is 12.0. The monoisotopic (exact) mass is 274 g/mol. The molecule has 3 aliphatic rings. The molecule has 3 atom stereocenters. The second kappa shape index (κ2) is 4.07. The van der Waals surface area contributed by atoms with E-state index in [-0.39, 0.29) is 5.56 Å². The van der Waals surface area contributed by atoms with Crippen LogP contribution < -0.4 is 16.2 Å². The van der Waals surface area contributed by atoms with Crippen LogP contribution in [0.5, 0.6) is 0 Å². The van der Waals surface area contributed by atoms with Gasteiger partial charge in [0.15, 0.2) is 5.82 Å². The van der Waals surface area contributed by atoms with Crippen molar-refractivity contribution in [2.75, 3.05) is 18.0 Å². The highest BCUT2D eigenvalue weighted by Crippen LogP contribution is 2.62. The Balaban J connectivity index is 1.52. The summed E-state index contributed by atoms with van der Waals surface area (Å²) in [4.78, 5) is 18.6. The first kappa shape index (κ1) is 12.4. The van der Waals surface area contributed by atoms with Gasteiger partial charge in [-0.2, -0.15) is 0 Å². The Morgan fingerprint density at radius 1 is 1.40 bits per heavy atom. The van der Waals surface area contributed by atoms with Crippen molar-refractivity contribution in [3.8, 4) is 0 Å². The molecular formula is C15H22N4O. The Morgan fingerprint density at radius 3 is 2.80 bits per heavy atom. The van der Waals surface area contributed by atoms with Gasteiger partial charge in [0.25, 0.3) is 5.56 Å². The number of rotatable bonds is 1. The number of hydrogen-bond acceptors (Lipinski definition) is 4. The number of piperidine rings is 1. The van der Waals surface area contributed by atoms with Gasteiger partial charge in [0, 0.05) is 38.6 Å². The molecule has 1 aliphatic heterocycles. The molecule has 0 radical (unpaired) electrons. The van der Waals surface area contributed by atoms with Crippen molar-refractivity contribution in [1.82, 2.24) is 9.55 Å². The zero-order valence-corrected chi connectivity index (χ0v) is 12.0. The van der Waals surface area contributed by atoms with Gasteiger partial charge in [-0.15, -0.1) is 0 Å². The minimum atomic E-state index is 0.00187. The molecule has 2 heterocycles. The Hall–Kier alpha value is -1.36. The third-order valence-corrected chi connectivity index (χ3v) is 5.87. The van der Waals surface area contributed by atoms with Crippen LogP contribution >= 0.6 is 0 Å². The fourth-order valence-corrected chi connectivity index (χ4v) is 4.46. The molecular weight excluding hydrogens is 252 g/mol. The third kappa shape index (κ3) is 1.65. The van der Waals surface area contributed by atoms with Gasteiger partial charge in [0.2, 0.25) is 0 Å². The van der Waals surface area contributed by atoms with E-state index >= 15 is 0 Å². The SMILES string of the molecule is Cn1ccnc(N2CCC3(CC2)CC2CC2C3N)c1=O. The fraction of sp³-hybridized carbons (Fsp3) is 0.733. The van der Waals surface area contributed by atoms with E-state index in [1.54, 1.807) is 24.0 Å². The molecule has 2 aliphatic carbocycles. The van der Waals surface area contributed by atoms with Crippen molar-refractivity contribution >= 4 is 5.82 Å². The van der Waals surface area contributed by atoms with Crippen LogP contribution in [-0.2, 0) is 7.05 Å². The van der Waals surface area contributed by atoms with Crippen LogP contribution in [0, 0.1) is 17.3 Å². The standard InChI is InChI=1S/C15H22N4O/c1-18-7-4-17-13(14(18)20)19-5-2-15(3-6-19)9-10-8-11(10)12(15)16/h4,7,10-12H,2-3,5-6,8-9,16H2,1H3. The van der Waals surface area contributed by atoms with Crippen molar-refractivity contribution in [2.45, 2.75) is 31.7 Å². The first-order valence-corrected chi connectivity index (χ1v) is 7.63. The molecule has 1 spiro atoms. The molecule has 2 saturated carbocycles. The number of aromatic nitrogens is 2. The molecule has 4 rings (SSSR count). The molecule has 5 heteroatoms. The molecule has 108 valence electrons. The summed E-state index contributed by atoms with van der Waals surface area (Å²) in [5.74, 6) is 2.30. The molecule has 20 heavy (non-hydrogen) atoms. The van der Waals surface area contributed by atoms with Gasteiger partial charge in [0.1, 0.15) is 0 Å². The molecule has 0 bridgehead atoms. The molecule has 1 aromatic rings. The summed E-state index contributed by atoms with van der Waals surface area (Å²) in [6.07, 6.45) is 8.30. The lowest BCUT2D eigenvalue weighted by Gasteiger charge is -2.43. The first-order chi connectivity index (χ1) is 9.61. The van der Waals surface area contributed by atoms with E-state index in [2.05, 4.69) is 9.88 Å². The van der Waals surface area contributed by atoms with Crippen LogP contribution in [0.1, 0.15) is 25.7 Å². The van der Waals surface area contributed by atoms with E-state index < -0.39 is 0 Å². The average molecular weight is 274 g/mol. The molecule has 0 amide bonds. The van der Waals surface area contributed by atoms with E-state index in [1.807, 2.05) is 0 Å². The van der Waals surface area contributed by atoms with E-state index in [1.165, 1.54) is 12.8 Å². The van der Waals surface area contributed by atoms with Gasteiger partial charge in [-0.05, 0) is 42.9 Å². The number of nitrogens with zero attached hydrogens (tertiary/aromatic N) is 3. The normalized spacial score (nSPS) is 34.3. The van der Waals surface area contributed by atoms with Gasteiger partial charge in [-0.25, -0.2) is 4.98 Å². The number of hydrogen-bond donors (Lipinski definition) is 1. The number of nitrogens with two attached hydrogens (primary N) is 1. The van der Waals surface area contributed by atoms with Gasteiger partial charge >= 0.3 is 0 Å². The smallest absolute Gasteiger partial charge is 0.293 e. The predicted octanol–water partition coefficient (Wildman–Crippen LogP) is 0.734. The predicted molar refractivity (Wildman–Crippen MR) is 77.5 cm³/mol. The summed E-state index contributed by atoms with van der Waals surface area (Å²) in [5, 5.41) is 0. The lowest BCUT2D eigenvalue weighted by atomic mass is 9.72. The molecule has 1 aromatic heterocycles. The highest BCUT2D eigenvalue weighted by molar-refractivity contribution is 5.37. The lowest BCUT2D eigenvalue weighted by Crippen LogP contribution is -2.49. The maximum Gasteiger partial charge on any atom is 0.293 e. The Labute approximate surface area is 118 Å². The van der Waals surface area contributed by atoms with Crippen molar-refractivity contribution in [3.05, 3.63) is 22.7 Å². The second-order valence-corrected chi connectivity index (χ2v) is 6.91. The van der Waals surface area contributed by atoms with E-state index in [0.29, 0.717) is 17.3 Å². The van der Waals surface area contributed by atoms with E-state index in [0.717, 1.165) is 37.8 Å². The molecule has 0 aromatic carbocycles. The van der Waals surface area contributed by atoms with Crippen LogP contribution in [0.15, 0.2) is 17.2 Å². The van der Waals surface area contributed by atoms with E-state index in [4.69, 9.17) is 5.73 Å². The summed E-state index contributed by atoms with van der Waals surface area (Å²) < 4.78 is 1.60. The fourth-order valence-electron chi connectivity index (χ4n) is 4.46. The quantitative estimate of drug-likeness (QED) is 0.820. The molecule has 5 nitrogen and oxygen atoms in total. The third-order valence-electron chi connectivity index (χ3n) is 5.87.